The molecule has 112 valence electrons. The van der Waals surface area contributed by atoms with Gasteiger partial charge < -0.3 is 15.7 Å². The standard InChI is InChI=1S/C15H19N3O2S/c1-10-3-5-12(6-4-10)13(19)7-16-15(20)17-8-14-18-11(2)9-21-14/h3-6,9,13,19H,7-8H2,1-2H3,(H2,16,17,20). The van der Waals surface area contributed by atoms with Gasteiger partial charge in [0.15, 0.2) is 0 Å². The Morgan fingerprint density at radius 3 is 2.62 bits per heavy atom. The van der Waals surface area contributed by atoms with Gasteiger partial charge in [0.2, 0.25) is 0 Å². The van der Waals surface area contributed by atoms with Crippen molar-refractivity contribution in [2.75, 3.05) is 6.54 Å². The molecule has 1 heterocycles. The van der Waals surface area contributed by atoms with E-state index in [0.29, 0.717) is 6.54 Å². The van der Waals surface area contributed by atoms with E-state index in [4.69, 9.17) is 0 Å². The lowest BCUT2D eigenvalue weighted by atomic mass is 10.1. The van der Waals surface area contributed by atoms with Crippen LogP contribution in [0.3, 0.4) is 0 Å². The minimum absolute atomic E-state index is 0.172. The number of nitrogens with one attached hydrogen (secondary N) is 2. The van der Waals surface area contributed by atoms with Crippen LogP contribution in [-0.4, -0.2) is 22.7 Å². The zero-order valence-corrected chi connectivity index (χ0v) is 12.9. The summed E-state index contributed by atoms with van der Waals surface area (Å²) in [6.07, 6.45) is -0.710. The van der Waals surface area contributed by atoms with Gasteiger partial charge in [-0.15, -0.1) is 11.3 Å². The molecular weight excluding hydrogens is 286 g/mol. The normalized spacial score (nSPS) is 12.0. The number of aliphatic hydroxyl groups is 1. The maximum atomic E-state index is 11.7. The Bertz CT molecular complexity index is 595. The van der Waals surface area contributed by atoms with E-state index in [-0.39, 0.29) is 12.6 Å². The van der Waals surface area contributed by atoms with Crippen molar-refractivity contribution >= 4 is 17.4 Å². The number of aromatic nitrogens is 1. The minimum Gasteiger partial charge on any atom is -0.387 e. The molecule has 0 bridgehead atoms. The average molecular weight is 305 g/mol. The van der Waals surface area contributed by atoms with E-state index in [1.807, 2.05) is 43.5 Å². The third-order valence-corrected chi connectivity index (χ3v) is 3.95. The van der Waals surface area contributed by atoms with Crippen molar-refractivity contribution in [1.82, 2.24) is 15.6 Å². The summed E-state index contributed by atoms with van der Waals surface area (Å²) in [4.78, 5) is 15.9. The van der Waals surface area contributed by atoms with E-state index in [0.717, 1.165) is 21.8 Å². The molecule has 21 heavy (non-hydrogen) atoms. The summed E-state index contributed by atoms with van der Waals surface area (Å²) < 4.78 is 0. The molecule has 0 saturated carbocycles. The molecule has 5 nitrogen and oxygen atoms in total. The van der Waals surface area contributed by atoms with Crippen LogP contribution in [0, 0.1) is 13.8 Å². The van der Waals surface area contributed by atoms with Crippen LogP contribution in [0.5, 0.6) is 0 Å². The molecule has 0 fully saturated rings. The summed E-state index contributed by atoms with van der Waals surface area (Å²) in [5.41, 5.74) is 2.87. The quantitative estimate of drug-likeness (QED) is 0.793. The highest BCUT2D eigenvalue weighted by Crippen LogP contribution is 2.12. The van der Waals surface area contributed by atoms with E-state index in [1.54, 1.807) is 0 Å². The van der Waals surface area contributed by atoms with Crippen molar-refractivity contribution in [1.29, 1.82) is 0 Å². The largest absolute Gasteiger partial charge is 0.387 e. The van der Waals surface area contributed by atoms with Crippen molar-refractivity contribution in [2.45, 2.75) is 26.5 Å². The van der Waals surface area contributed by atoms with Gasteiger partial charge in [-0.05, 0) is 19.4 Å². The number of hydrogen-bond donors (Lipinski definition) is 3. The molecule has 0 radical (unpaired) electrons. The minimum atomic E-state index is -0.710. The molecule has 3 N–H and O–H groups in total. The highest BCUT2D eigenvalue weighted by Gasteiger charge is 2.09. The van der Waals surface area contributed by atoms with E-state index in [2.05, 4.69) is 15.6 Å². The van der Waals surface area contributed by atoms with Crippen molar-refractivity contribution in [3.8, 4) is 0 Å². The smallest absolute Gasteiger partial charge is 0.315 e. The number of thiazole rings is 1. The lowest BCUT2D eigenvalue weighted by Gasteiger charge is -2.13. The maximum absolute atomic E-state index is 11.7. The fraction of sp³-hybridized carbons (Fsp3) is 0.333. The molecular formula is C15H19N3O2S. The van der Waals surface area contributed by atoms with Crippen LogP contribution < -0.4 is 10.6 Å². The van der Waals surface area contributed by atoms with Crippen LogP contribution in [0.25, 0.3) is 0 Å². The van der Waals surface area contributed by atoms with Crippen molar-refractivity contribution < 1.29 is 9.90 Å². The Morgan fingerprint density at radius 1 is 1.29 bits per heavy atom. The lowest BCUT2D eigenvalue weighted by Crippen LogP contribution is -2.37. The monoisotopic (exact) mass is 305 g/mol. The van der Waals surface area contributed by atoms with E-state index < -0.39 is 6.10 Å². The van der Waals surface area contributed by atoms with E-state index in [1.165, 1.54) is 11.3 Å². The predicted molar refractivity (Wildman–Crippen MR) is 83.2 cm³/mol. The lowest BCUT2D eigenvalue weighted by molar-refractivity contribution is 0.173. The Hall–Kier alpha value is -1.92. The number of rotatable bonds is 5. The second-order valence-corrected chi connectivity index (χ2v) is 5.82. The van der Waals surface area contributed by atoms with Crippen LogP contribution in [0.15, 0.2) is 29.6 Å². The van der Waals surface area contributed by atoms with Crippen molar-refractivity contribution in [2.24, 2.45) is 0 Å². The van der Waals surface area contributed by atoms with Gasteiger partial charge in [0, 0.05) is 17.6 Å². The first kappa shape index (κ1) is 15.5. The summed E-state index contributed by atoms with van der Waals surface area (Å²) >= 11 is 1.51. The molecule has 2 amide bonds. The Labute approximate surface area is 128 Å². The number of urea groups is 1. The Balaban J connectivity index is 1.74. The van der Waals surface area contributed by atoms with Crippen LogP contribution in [0.1, 0.15) is 27.9 Å². The number of hydrogen-bond acceptors (Lipinski definition) is 4. The zero-order valence-electron chi connectivity index (χ0n) is 12.1. The third-order valence-electron chi connectivity index (χ3n) is 2.98. The van der Waals surface area contributed by atoms with Gasteiger partial charge in [-0.25, -0.2) is 9.78 Å². The van der Waals surface area contributed by atoms with Gasteiger partial charge in [-0.2, -0.15) is 0 Å². The average Bonchev–Trinajstić information content (AvgIpc) is 2.89. The molecule has 2 aromatic rings. The van der Waals surface area contributed by atoms with Crippen LogP contribution in [0.4, 0.5) is 4.79 Å². The molecule has 0 saturated heterocycles. The maximum Gasteiger partial charge on any atom is 0.315 e. The third kappa shape index (κ3) is 4.84. The number of benzene rings is 1. The number of aryl methyl sites for hydroxylation is 2. The predicted octanol–water partition coefficient (Wildman–Crippen LogP) is 2.29. The first-order valence-corrected chi connectivity index (χ1v) is 7.60. The number of amides is 2. The summed E-state index contributed by atoms with van der Waals surface area (Å²) in [6, 6.07) is 7.27. The highest BCUT2D eigenvalue weighted by molar-refractivity contribution is 7.09. The van der Waals surface area contributed by atoms with Gasteiger partial charge >= 0.3 is 6.03 Å². The second kappa shape index (κ2) is 7.19. The van der Waals surface area contributed by atoms with Crippen molar-refractivity contribution in [3.63, 3.8) is 0 Å². The summed E-state index contributed by atoms with van der Waals surface area (Å²) in [5, 5.41) is 18.2. The van der Waals surface area contributed by atoms with Crippen molar-refractivity contribution in [3.05, 3.63) is 51.5 Å². The number of nitrogens with zero attached hydrogens (tertiary/aromatic N) is 1. The SMILES string of the molecule is Cc1ccc(C(O)CNC(=O)NCc2nc(C)cs2)cc1. The molecule has 1 unspecified atom stereocenters. The summed E-state index contributed by atoms with van der Waals surface area (Å²) in [7, 11) is 0. The highest BCUT2D eigenvalue weighted by atomic mass is 32.1. The van der Waals surface area contributed by atoms with E-state index in [9.17, 15) is 9.90 Å². The van der Waals surface area contributed by atoms with Gasteiger partial charge in [0.1, 0.15) is 5.01 Å². The van der Waals surface area contributed by atoms with Gasteiger partial charge in [0.05, 0.1) is 12.6 Å². The summed E-state index contributed by atoms with van der Waals surface area (Å²) in [6.45, 7) is 4.47. The van der Waals surface area contributed by atoms with Gasteiger partial charge in [0.25, 0.3) is 0 Å². The molecule has 2 rings (SSSR count). The first-order chi connectivity index (χ1) is 10.0. The summed E-state index contributed by atoms with van der Waals surface area (Å²) in [5.74, 6) is 0. The molecule has 6 heteroatoms. The number of aliphatic hydroxyl groups excluding tert-OH is 1. The van der Waals surface area contributed by atoms with E-state index >= 15 is 0 Å². The molecule has 0 aliphatic heterocycles. The van der Waals surface area contributed by atoms with Crippen LogP contribution in [-0.2, 0) is 6.54 Å². The second-order valence-electron chi connectivity index (χ2n) is 4.87. The Morgan fingerprint density at radius 2 is 2.00 bits per heavy atom. The molecule has 1 aromatic carbocycles. The molecule has 1 atom stereocenters. The van der Waals surface area contributed by atoms with Crippen LogP contribution >= 0.6 is 11.3 Å². The molecule has 1 aromatic heterocycles. The fourth-order valence-corrected chi connectivity index (χ4v) is 2.51. The zero-order chi connectivity index (χ0) is 15.2. The Kier molecular flexibility index (Phi) is 5.30. The molecule has 0 aliphatic rings. The molecule has 0 spiro atoms. The van der Waals surface area contributed by atoms with Gasteiger partial charge in [-0.1, -0.05) is 29.8 Å². The molecule has 0 aliphatic carbocycles. The van der Waals surface area contributed by atoms with Crippen LogP contribution in [0.2, 0.25) is 0 Å². The number of carbonyl (C=O) groups is 1. The fourth-order valence-electron chi connectivity index (χ4n) is 1.80. The topological polar surface area (TPSA) is 74.2 Å². The number of carbonyl (C=O) groups excluding carboxylic acids is 1. The first-order valence-electron chi connectivity index (χ1n) is 6.72. The van der Waals surface area contributed by atoms with Gasteiger partial charge in [-0.3, -0.25) is 0 Å².